The van der Waals surface area contributed by atoms with Crippen molar-refractivity contribution >= 4 is 21.6 Å². The molecule has 0 saturated heterocycles. The summed E-state index contributed by atoms with van der Waals surface area (Å²) in [5.74, 6) is 2.41. The van der Waals surface area contributed by atoms with Crippen LogP contribution in [0.4, 0.5) is 0 Å². The van der Waals surface area contributed by atoms with Crippen LogP contribution in [0.5, 0.6) is 0 Å². The van der Waals surface area contributed by atoms with Gasteiger partial charge in [0, 0.05) is 25.2 Å². The summed E-state index contributed by atoms with van der Waals surface area (Å²) in [4.78, 5) is 13.6. The molecule has 22 heavy (non-hydrogen) atoms. The van der Waals surface area contributed by atoms with Crippen LogP contribution in [0, 0.1) is 11.8 Å². The highest BCUT2D eigenvalue weighted by molar-refractivity contribution is 7.18. The molecule has 2 aromatic heterocycles. The fourth-order valence-electron chi connectivity index (χ4n) is 3.22. The van der Waals surface area contributed by atoms with Crippen molar-refractivity contribution in [1.29, 1.82) is 0 Å². The lowest BCUT2D eigenvalue weighted by Gasteiger charge is -2.33. The molecule has 1 aliphatic rings. The third-order valence-corrected chi connectivity index (χ3v) is 5.71. The minimum atomic E-state index is 0.622. The second-order valence-electron chi connectivity index (χ2n) is 6.10. The van der Waals surface area contributed by atoms with Crippen molar-refractivity contribution in [3.8, 4) is 0 Å². The summed E-state index contributed by atoms with van der Waals surface area (Å²) < 4.78 is 1.29. The minimum absolute atomic E-state index is 0.622. The van der Waals surface area contributed by atoms with Crippen LogP contribution in [0.25, 0.3) is 10.2 Å². The van der Waals surface area contributed by atoms with Crippen LogP contribution in [0.3, 0.4) is 0 Å². The van der Waals surface area contributed by atoms with Gasteiger partial charge in [-0.3, -0.25) is 0 Å². The maximum Gasteiger partial charge on any atom is 0.128 e. The van der Waals surface area contributed by atoms with Crippen molar-refractivity contribution in [2.45, 2.75) is 32.1 Å². The van der Waals surface area contributed by atoms with E-state index >= 15 is 0 Å². The second-order valence-corrected chi connectivity index (χ2v) is 7.21. The fraction of sp³-hybridized carbons (Fsp3) is 0.389. The molecule has 0 aliphatic heterocycles. The molecule has 1 saturated carbocycles. The standard InChI is InChI=1S/C18H19N3S/c1-2-8-16-15(7-1)21-18(22-16)12-14(13-5-3-6-13)11-17-19-9-4-10-20-17/h1-2,4,7-10,13-14H,3,5-6,11-12H2. The van der Waals surface area contributed by atoms with E-state index in [2.05, 4.69) is 34.2 Å². The van der Waals surface area contributed by atoms with Crippen LogP contribution >= 0.6 is 11.3 Å². The lowest BCUT2D eigenvalue weighted by atomic mass is 9.73. The summed E-state index contributed by atoms with van der Waals surface area (Å²) in [5.41, 5.74) is 1.13. The molecule has 0 bridgehead atoms. The first-order chi connectivity index (χ1) is 10.9. The molecule has 0 spiro atoms. The van der Waals surface area contributed by atoms with E-state index in [1.165, 1.54) is 29.0 Å². The summed E-state index contributed by atoms with van der Waals surface area (Å²) in [6.45, 7) is 0. The zero-order chi connectivity index (χ0) is 14.8. The van der Waals surface area contributed by atoms with Gasteiger partial charge in [0.2, 0.25) is 0 Å². The molecule has 1 aliphatic carbocycles. The zero-order valence-electron chi connectivity index (χ0n) is 12.5. The molecule has 1 aromatic carbocycles. The third-order valence-electron chi connectivity index (χ3n) is 4.66. The van der Waals surface area contributed by atoms with Crippen LogP contribution in [0.1, 0.15) is 30.1 Å². The van der Waals surface area contributed by atoms with E-state index < -0.39 is 0 Å². The molecule has 1 fully saturated rings. The van der Waals surface area contributed by atoms with Crippen molar-refractivity contribution in [3.05, 3.63) is 53.6 Å². The van der Waals surface area contributed by atoms with Gasteiger partial charge in [-0.05, 0) is 30.0 Å². The predicted octanol–water partition coefficient (Wildman–Crippen LogP) is 4.29. The predicted molar refractivity (Wildman–Crippen MR) is 89.9 cm³/mol. The largest absolute Gasteiger partial charge is 0.241 e. The Hall–Kier alpha value is -1.81. The normalized spacial score (nSPS) is 16.5. The smallest absolute Gasteiger partial charge is 0.128 e. The van der Waals surface area contributed by atoms with Crippen LogP contribution in [-0.2, 0) is 12.8 Å². The molecule has 2 heterocycles. The van der Waals surface area contributed by atoms with Crippen LogP contribution in [-0.4, -0.2) is 15.0 Å². The number of rotatable bonds is 5. The van der Waals surface area contributed by atoms with Crippen molar-refractivity contribution < 1.29 is 0 Å². The van der Waals surface area contributed by atoms with Crippen molar-refractivity contribution in [3.63, 3.8) is 0 Å². The first kappa shape index (κ1) is 13.8. The maximum atomic E-state index is 4.81. The minimum Gasteiger partial charge on any atom is -0.241 e. The SMILES string of the molecule is c1cnc(CC(Cc2nc3ccccc3s2)C2CCC2)nc1. The first-order valence-electron chi connectivity index (χ1n) is 7.99. The molecule has 0 radical (unpaired) electrons. The Morgan fingerprint density at radius 3 is 2.59 bits per heavy atom. The van der Waals surface area contributed by atoms with E-state index in [4.69, 9.17) is 4.98 Å². The van der Waals surface area contributed by atoms with Gasteiger partial charge in [0.25, 0.3) is 0 Å². The van der Waals surface area contributed by atoms with Gasteiger partial charge in [-0.15, -0.1) is 11.3 Å². The van der Waals surface area contributed by atoms with Crippen molar-refractivity contribution in [2.24, 2.45) is 11.8 Å². The van der Waals surface area contributed by atoms with Gasteiger partial charge in [-0.25, -0.2) is 15.0 Å². The quantitative estimate of drug-likeness (QED) is 0.706. The van der Waals surface area contributed by atoms with E-state index in [1.54, 1.807) is 0 Å². The Balaban J connectivity index is 1.55. The lowest BCUT2D eigenvalue weighted by molar-refractivity contribution is 0.201. The Morgan fingerprint density at radius 2 is 1.86 bits per heavy atom. The zero-order valence-corrected chi connectivity index (χ0v) is 13.3. The molecule has 4 heteroatoms. The third kappa shape index (κ3) is 2.88. The monoisotopic (exact) mass is 309 g/mol. The Morgan fingerprint density at radius 1 is 1.05 bits per heavy atom. The van der Waals surface area contributed by atoms with Crippen LogP contribution < -0.4 is 0 Å². The molecule has 112 valence electrons. The van der Waals surface area contributed by atoms with Crippen molar-refractivity contribution in [2.75, 3.05) is 0 Å². The molecular weight excluding hydrogens is 290 g/mol. The summed E-state index contributed by atoms with van der Waals surface area (Å²) >= 11 is 1.84. The van der Waals surface area contributed by atoms with Gasteiger partial charge in [-0.1, -0.05) is 31.4 Å². The molecule has 1 unspecified atom stereocenters. The fourth-order valence-corrected chi connectivity index (χ4v) is 4.28. The number of hydrogen-bond donors (Lipinski definition) is 0. The summed E-state index contributed by atoms with van der Waals surface area (Å²) in [5, 5.41) is 1.26. The van der Waals surface area contributed by atoms with Crippen molar-refractivity contribution in [1.82, 2.24) is 15.0 Å². The van der Waals surface area contributed by atoms with Gasteiger partial charge in [-0.2, -0.15) is 0 Å². The molecule has 0 amide bonds. The number of fused-ring (bicyclic) bond motifs is 1. The maximum absolute atomic E-state index is 4.81. The lowest BCUT2D eigenvalue weighted by Crippen LogP contribution is -2.26. The van der Waals surface area contributed by atoms with Gasteiger partial charge < -0.3 is 0 Å². The molecular formula is C18H19N3S. The highest BCUT2D eigenvalue weighted by Gasteiger charge is 2.29. The van der Waals surface area contributed by atoms with E-state index in [0.717, 1.165) is 30.1 Å². The topological polar surface area (TPSA) is 38.7 Å². The molecule has 3 nitrogen and oxygen atoms in total. The van der Waals surface area contributed by atoms with Gasteiger partial charge in [0.05, 0.1) is 15.2 Å². The van der Waals surface area contributed by atoms with E-state index in [0.29, 0.717) is 5.92 Å². The number of hydrogen-bond acceptors (Lipinski definition) is 4. The Labute approximate surface area is 134 Å². The second kappa shape index (κ2) is 6.13. The van der Waals surface area contributed by atoms with Crippen LogP contribution in [0.2, 0.25) is 0 Å². The van der Waals surface area contributed by atoms with Gasteiger partial charge in [0.15, 0.2) is 0 Å². The summed E-state index contributed by atoms with van der Waals surface area (Å²) in [6.07, 6.45) is 9.79. The molecule has 3 aromatic rings. The Kier molecular flexibility index (Phi) is 3.85. The van der Waals surface area contributed by atoms with E-state index in [-0.39, 0.29) is 0 Å². The average molecular weight is 309 g/mol. The van der Waals surface area contributed by atoms with Crippen LogP contribution in [0.15, 0.2) is 42.7 Å². The highest BCUT2D eigenvalue weighted by Crippen LogP contribution is 2.37. The summed E-state index contributed by atoms with van der Waals surface area (Å²) in [6, 6.07) is 10.3. The van der Waals surface area contributed by atoms with E-state index in [9.17, 15) is 0 Å². The average Bonchev–Trinajstić information content (AvgIpc) is 2.88. The molecule has 4 rings (SSSR count). The number of aromatic nitrogens is 3. The Bertz CT molecular complexity index is 716. The number of thiazole rings is 1. The molecule has 1 atom stereocenters. The summed E-state index contributed by atoms with van der Waals surface area (Å²) in [7, 11) is 0. The number of nitrogens with zero attached hydrogens (tertiary/aromatic N) is 3. The van der Waals surface area contributed by atoms with E-state index in [1.807, 2.05) is 29.8 Å². The molecule has 0 N–H and O–H groups in total. The highest BCUT2D eigenvalue weighted by atomic mass is 32.1. The van der Waals surface area contributed by atoms with Gasteiger partial charge >= 0.3 is 0 Å². The number of para-hydroxylation sites is 1. The number of benzene rings is 1. The van der Waals surface area contributed by atoms with Gasteiger partial charge in [0.1, 0.15) is 5.82 Å². The first-order valence-corrected chi connectivity index (χ1v) is 8.80.